The van der Waals surface area contributed by atoms with Crippen molar-refractivity contribution in [3.05, 3.63) is 60.2 Å². The van der Waals surface area contributed by atoms with Crippen LogP contribution in [0.3, 0.4) is 0 Å². The second-order valence-electron chi connectivity index (χ2n) is 9.52. The maximum Gasteiger partial charge on any atom is 0.407 e. The minimum Gasteiger partial charge on any atom is -0.495 e. The molecule has 9 nitrogen and oxygen atoms in total. The molecule has 1 heterocycles. The number of urea groups is 1. The number of nitrogens with one attached hydrogen (secondary N) is 2. The van der Waals surface area contributed by atoms with Crippen molar-refractivity contribution in [1.29, 1.82) is 0 Å². The number of hydrogen-bond acceptors (Lipinski definition) is 5. The molecule has 37 heavy (non-hydrogen) atoms. The SMILES string of the molecule is COc1ccccc1NC(=O)N1CCCN1C(=O)CCC(NC(=O)OCc1ccccc1)C1CCCC1. The molecule has 2 fully saturated rings. The molecule has 1 atom stereocenters. The summed E-state index contributed by atoms with van der Waals surface area (Å²) in [6.45, 7) is 1.15. The first-order valence-corrected chi connectivity index (χ1v) is 13.0. The zero-order valence-electron chi connectivity index (χ0n) is 21.4. The number of benzene rings is 2. The number of amides is 4. The van der Waals surface area contributed by atoms with Gasteiger partial charge in [-0.1, -0.05) is 55.3 Å². The smallest absolute Gasteiger partial charge is 0.407 e. The van der Waals surface area contributed by atoms with Crippen LogP contribution in [0.15, 0.2) is 54.6 Å². The van der Waals surface area contributed by atoms with Crippen molar-refractivity contribution in [3.8, 4) is 5.75 Å². The first kappa shape index (κ1) is 26.3. The fraction of sp³-hybridized carbons (Fsp3) is 0.464. The molecule has 2 aromatic carbocycles. The lowest BCUT2D eigenvalue weighted by atomic mass is 9.94. The molecule has 0 radical (unpaired) electrons. The maximum absolute atomic E-state index is 13.2. The minimum atomic E-state index is -0.466. The van der Waals surface area contributed by atoms with Crippen molar-refractivity contribution in [3.63, 3.8) is 0 Å². The van der Waals surface area contributed by atoms with E-state index in [1.807, 2.05) is 42.5 Å². The van der Waals surface area contributed by atoms with Crippen LogP contribution >= 0.6 is 0 Å². The quantitative estimate of drug-likeness (QED) is 0.500. The van der Waals surface area contributed by atoms with Crippen LogP contribution in [0.4, 0.5) is 15.3 Å². The van der Waals surface area contributed by atoms with Crippen molar-refractivity contribution < 1.29 is 23.9 Å². The molecule has 1 saturated carbocycles. The normalized spacial score (nSPS) is 16.4. The fourth-order valence-corrected chi connectivity index (χ4v) is 5.12. The standard InChI is InChI=1S/C28H36N4O5/c1-36-25-15-8-7-14-24(25)29-27(34)32-19-9-18-31(32)26(33)17-16-23(22-12-5-6-13-22)30-28(35)37-20-21-10-3-2-4-11-21/h2-4,7-8,10-11,14-15,22-23H,5-6,9,12-13,16-20H2,1H3,(H,29,34)(H,30,35). The summed E-state index contributed by atoms with van der Waals surface area (Å²) in [4.78, 5) is 38.7. The van der Waals surface area contributed by atoms with E-state index in [2.05, 4.69) is 10.6 Å². The summed E-state index contributed by atoms with van der Waals surface area (Å²) >= 11 is 0. The van der Waals surface area contributed by atoms with E-state index < -0.39 is 6.09 Å². The molecule has 198 valence electrons. The van der Waals surface area contributed by atoms with Gasteiger partial charge in [0.15, 0.2) is 0 Å². The van der Waals surface area contributed by atoms with E-state index in [-0.39, 0.29) is 31.0 Å². The van der Waals surface area contributed by atoms with Crippen molar-refractivity contribution >= 4 is 23.7 Å². The number of alkyl carbamates (subject to hydrolysis) is 1. The van der Waals surface area contributed by atoms with Crippen molar-refractivity contribution in [1.82, 2.24) is 15.3 Å². The van der Waals surface area contributed by atoms with Gasteiger partial charge in [-0.25, -0.2) is 14.6 Å². The molecule has 0 spiro atoms. The molecule has 4 amide bonds. The highest BCUT2D eigenvalue weighted by atomic mass is 16.5. The Morgan fingerprint density at radius 3 is 2.41 bits per heavy atom. The van der Waals surface area contributed by atoms with Gasteiger partial charge < -0.3 is 20.1 Å². The molecule has 0 bridgehead atoms. The summed E-state index contributed by atoms with van der Waals surface area (Å²) < 4.78 is 10.7. The van der Waals surface area contributed by atoms with E-state index in [0.29, 0.717) is 43.3 Å². The van der Waals surface area contributed by atoms with Gasteiger partial charge in [-0.15, -0.1) is 0 Å². The Morgan fingerprint density at radius 2 is 1.65 bits per heavy atom. The highest BCUT2D eigenvalue weighted by Crippen LogP contribution is 2.30. The Labute approximate surface area is 218 Å². The van der Waals surface area contributed by atoms with Gasteiger partial charge in [-0.2, -0.15) is 0 Å². The number of carbonyl (C=O) groups excluding carboxylic acids is 3. The summed E-state index contributed by atoms with van der Waals surface area (Å²) in [5, 5.41) is 8.84. The number of nitrogens with zero attached hydrogens (tertiary/aromatic N) is 2. The third kappa shape index (κ3) is 7.15. The van der Waals surface area contributed by atoms with E-state index in [4.69, 9.17) is 9.47 Å². The number of hydrogen-bond donors (Lipinski definition) is 2. The highest BCUT2D eigenvalue weighted by Gasteiger charge is 2.33. The van der Waals surface area contributed by atoms with Crippen molar-refractivity contribution in [2.75, 3.05) is 25.5 Å². The molecular formula is C28H36N4O5. The van der Waals surface area contributed by atoms with Crippen LogP contribution < -0.4 is 15.4 Å². The lowest BCUT2D eigenvalue weighted by Gasteiger charge is -2.29. The van der Waals surface area contributed by atoms with Crippen LogP contribution in [0.5, 0.6) is 5.75 Å². The molecule has 2 aromatic rings. The fourth-order valence-electron chi connectivity index (χ4n) is 5.12. The second kappa shape index (κ2) is 13.0. The van der Waals surface area contributed by atoms with Crippen LogP contribution in [0.1, 0.15) is 50.5 Å². The molecule has 2 aliphatic rings. The third-order valence-electron chi connectivity index (χ3n) is 7.06. The zero-order valence-corrected chi connectivity index (χ0v) is 21.4. The van der Waals surface area contributed by atoms with Gasteiger partial charge >= 0.3 is 12.1 Å². The summed E-state index contributed by atoms with van der Waals surface area (Å²) in [5.41, 5.74) is 1.47. The van der Waals surface area contributed by atoms with Gasteiger partial charge in [0.2, 0.25) is 5.91 Å². The van der Waals surface area contributed by atoms with E-state index >= 15 is 0 Å². The molecule has 0 aromatic heterocycles. The number of rotatable bonds is 9. The Kier molecular flexibility index (Phi) is 9.24. The molecule has 1 saturated heterocycles. The zero-order chi connectivity index (χ0) is 26.0. The number of carbonyl (C=O) groups is 3. The molecule has 4 rings (SSSR count). The van der Waals surface area contributed by atoms with Gasteiger partial charge in [0, 0.05) is 25.6 Å². The van der Waals surface area contributed by atoms with E-state index in [9.17, 15) is 14.4 Å². The minimum absolute atomic E-state index is 0.130. The number of para-hydroxylation sites is 2. The molecule has 9 heteroatoms. The maximum atomic E-state index is 13.2. The molecule has 1 aliphatic carbocycles. The van der Waals surface area contributed by atoms with Crippen LogP contribution in [-0.2, 0) is 16.1 Å². The summed E-state index contributed by atoms with van der Waals surface area (Å²) in [7, 11) is 1.54. The lowest BCUT2D eigenvalue weighted by Crippen LogP contribution is -2.47. The summed E-state index contributed by atoms with van der Waals surface area (Å²) in [6, 6.07) is 16.2. The molecule has 2 N–H and O–H groups in total. The topological polar surface area (TPSA) is 100 Å². The molecule has 1 aliphatic heterocycles. The first-order chi connectivity index (χ1) is 18.0. The third-order valence-corrected chi connectivity index (χ3v) is 7.06. The van der Waals surface area contributed by atoms with Crippen LogP contribution in [-0.4, -0.2) is 54.3 Å². The van der Waals surface area contributed by atoms with Gasteiger partial charge in [-0.3, -0.25) is 9.80 Å². The second-order valence-corrected chi connectivity index (χ2v) is 9.52. The lowest BCUT2D eigenvalue weighted by molar-refractivity contribution is -0.140. The Hall–Kier alpha value is -3.75. The monoisotopic (exact) mass is 508 g/mol. The van der Waals surface area contributed by atoms with Crippen LogP contribution in [0.25, 0.3) is 0 Å². The van der Waals surface area contributed by atoms with Gasteiger partial charge in [0.05, 0.1) is 12.8 Å². The van der Waals surface area contributed by atoms with Crippen LogP contribution in [0, 0.1) is 5.92 Å². The van der Waals surface area contributed by atoms with Gasteiger partial charge in [0.25, 0.3) is 0 Å². The molecular weight excluding hydrogens is 472 g/mol. The Bertz CT molecular complexity index is 1060. The average Bonchev–Trinajstić information content (AvgIpc) is 3.63. The van der Waals surface area contributed by atoms with Crippen molar-refractivity contribution in [2.45, 2.75) is 57.6 Å². The Morgan fingerprint density at radius 1 is 0.946 bits per heavy atom. The molecule has 1 unspecified atom stereocenters. The Balaban J connectivity index is 1.32. The number of hydrazine groups is 1. The average molecular weight is 509 g/mol. The number of anilines is 1. The highest BCUT2D eigenvalue weighted by molar-refractivity contribution is 5.92. The van der Waals surface area contributed by atoms with E-state index in [1.54, 1.807) is 19.2 Å². The van der Waals surface area contributed by atoms with E-state index in [1.165, 1.54) is 10.0 Å². The summed E-state index contributed by atoms with van der Waals surface area (Å²) in [6.07, 6.45) is 5.27. The van der Waals surface area contributed by atoms with Gasteiger partial charge in [-0.05, 0) is 49.3 Å². The number of ether oxygens (including phenoxy) is 2. The van der Waals surface area contributed by atoms with Crippen LogP contribution in [0.2, 0.25) is 0 Å². The van der Waals surface area contributed by atoms with Crippen molar-refractivity contribution in [2.24, 2.45) is 5.92 Å². The largest absolute Gasteiger partial charge is 0.495 e. The predicted octanol–water partition coefficient (Wildman–Crippen LogP) is 4.94. The predicted molar refractivity (Wildman–Crippen MR) is 140 cm³/mol. The first-order valence-electron chi connectivity index (χ1n) is 13.0. The number of methoxy groups -OCH3 is 1. The van der Waals surface area contributed by atoms with E-state index in [0.717, 1.165) is 31.2 Å². The summed E-state index contributed by atoms with van der Waals surface area (Å²) in [5.74, 6) is 0.744. The van der Waals surface area contributed by atoms with Gasteiger partial charge in [0.1, 0.15) is 12.4 Å².